The van der Waals surface area contributed by atoms with Gasteiger partial charge < -0.3 is 5.32 Å². The van der Waals surface area contributed by atoms with Crippen LogP contribution in [0.1, 0.15) is 53.9 Å². The van der Waals surface area contributed by atoms with Gasteiger partial charge in [-0.05, 0) is 42.0 Å². The number of carbonyl (C=O) groups excluding carboxylic acids is 1. The van der Waals surface area contributed by atoms with Gasteiger partial charge in [0.25, 0.3) is 6.04 Å². The van der Waals surface area contributed by atoms with Gasteiger partial charge in [0.15, 0.2) is 17.4 Å². The second kappa shape index (κ2) is 8.57. The fraction of sp³-hybridized carbons (Fsp3) is 0.348. The van der Waals surface area contributed by atoms with Gasteiger partial charge in [-0.1, -0.05) is 51.2 Å². The molecule has 0 unspecified atom stereocenters. The summed E-state index contributed by atoms with van der Waals surface area (Å²) in [4.78, 5) is 13.8. The van der Waals surface area contributed by atoms with Crippen LogP contribution < -0.4 is 9.88 Å². The Hall–Kier alpha value is -2.33. The fourth-order valence-corrected chi connectivity index (χ4v) is 3.13. The lowest BCUT2D eigenvalue weighted by Gasteiger charge is -2.19. The minimum atomic E-state index is -0.587. The van der Waals surface area contributed by atoms with Crippen LogP contribution in [0.4, 0.5) is 0 Å². The van der Waals surface area contributed by atoms with Crippen molar-refractivity contribution in [3.63, 3.8) is 0 Å². The molecule has 4 heteroatoms. The average molecular weight is 382 g/mol. The summed E-state index contributed by atoms with van der Waals surface area (Å²) in [6.45, 7) is 14.8. The molecule has 0 saturated heterocycles. The maximum absolute atomic E-state index is 13.3. The van der Waals surface area contributed by atoms with E-state index in [2.05, 4.69) is 44.8 Å². The van der Waals surface area contributed by atoms with Crippen molar-refractivity contribution >= 4 is 23.0 Å². The van der Waals surface area contributed by atoms with Crippen LogP contribution in [0.15, 0.2) is 55.4 Å². The van der Waals surface area contributed by atoms with Crippen LogP contribution in [0.3, 0.4) is 0 Å². The number of carbonyl (C=O) groups is 1. The highest BCUT2D eigenvalue weighted by Gasteiger charge is 2.33. The Bertz CT molecular complexity index is 848. The third kappa shape index (κ3) is 5.10. The SMILES string of the molecule is C=CCNC(=S)[C@H](C(=O)c1ccc(C)c(C)c1)[n+]1ccc(C(C)(C)C)cc1. The zero-order valence-corrected chi connectivity index (χ0v) is 17.7. The first-order valence-electron chi connectivity index (χ1n) is 9.16. The highest BCUT2D eigenvalue weighted by atomic mass is 32.1. The van der Waals surface area contributed by atoms with Gasteiger partial charge in [0.05, 0.1) is 0 Å². The number of thiocarbonyl (C=S) groups is 1. The Morgan fingerprint density at radius 2 is 1.81 bits per heavy atom. The van der Waals surface area contributed by atoms with Gasteiger partial charge in [-0.3, -0.25) is 4.79 Å². The number of hydrogen-bond donors (Lipinski definition) is 1. The third-order valence-corrected chi connectivity index (χ3v) is 5.09. The van der Waals surface area contributed by atoms with Gasteiger partial charge in [-0.15, -0.1) is 6.58 Å². The number of aryl methyl sites for hydroxylation is 2. The first-order valence-corrected chi connectivity index (χ1v) is 9.57. The number of nitrogens with zero attached hydrogens (tertiary/aromatic N) is 1. The molecule has 0 aliphatic heterocycles. The van der Waals surface area contributed by atoms with Crippen LogP contribution in [-0.4, -0.2) is 17.3 Å². The molecule has 2 aromatic rings. The zero-order valence-electron chi connectivity index (χ0n) is 16.9. The van der Waals surface area contributed by atoms with Gasteiger partial charge in [0.1, 0.15) is 0 Å². The molecule has 3 nitrogen and oxygen atoms in total. The number of pyridine rings is 1. The molecule has 1 aromatic carbocycles. The van der Waals surface area contributed by atoms with Gasteiger partial charge in [-0.25, -0.2) is 0 Å². The lowest BCUT2D eigenvalue weighted by atomic mass is 9.88. The third-order valence-electron chi connectivity index (χ3n) is 4.73. The second-order valence-electron chi connectivity index (χ2n) is 7.88. The lowest BCUT2D eigenvalue weighted by Crippen LogP contribution is -2.51. The van der Waals surface area contributed by atoms with E-state index in [1.807, 2.05) is 49.0 Å². The number of hydrogen-bond acceptors (Lipinski definition) is 2. The molecular weight excluding hydrogens is 352 g/mol. The van der Waals surface area contributed by atoms with Crippen molar-refractivity contribution in [2.75, 3.05) is 6.54 Å². The van der Waals surface area contributed by atoms with Crippen LogP contribution in [0, 0.1) is 13.8 Å². The van der Waals surface area contributed by atoms with Crippen LogP contribution >= 0.6 is 12.2 Å². The maximum Gasteiger partial charge on any atom is 0.270 e. The van der Waals surface area contributed by atoms with E-state index in [4.69, 9.17) is 12.2 Å². The highest BCUT2D eigenvalue weighted by Crippen LogP contribution is 2.21. The average Bonchev–Trinajstić information content (AvgIpc) is 2.62. The minimum absolute atomic E-state index is 0.0202. The maximum atomic E-state index is 13.3. The van der Waals surface area contributed by atoms with Crippen molar-refractivity contribution in [1.29, 1.82) is 0 Å². The first kappa shape index (κ1) is 21.0. The number of aromatic nitrogens is 1. The predicted octanol–water partition coefficient (Wildman–Crippen LogP) is 4.42. The Morgan fingerprint density at radius 3 is 2.33 bits per heavy atom. The van der Waals surface area contributed by atoms with Crippen molar-refractivity contribution in [2.24, 2.45) is 0 Å². The normalized spacial score (nSPS) is 12.3. The minimum Gasteiger partial charge on any atom is -0.370 e. The first-order chi connectivity index (χ1) is 12.6. The molecule has 0 spiro atoms. The molecule has 0 saturated carbocycles. The van der Waals surface area contributed by atoms with Crippen LogP contribution in [0.2, 0.25) is 0 Å². The van der Waals surface area contributed by atoms with Gasteiger partial charge in [0, 0.05) is 24.2 Å². The number of Topliss-reactive ketones (excluding diaryl/α,β-unsaturated/α-hetero) is 1. The molecule has 2 rings (SSSR count). The van der Waals surface area contributed by atoms with Crippen LogP contribution in [-0.2, 0) is 5.41 Å². The van der Waals surface area contributed by atoms with E-state index < -0.39 is 6.04 Å². The lowest BCUT2D eigenvalue weighted by molar-refractivity contribution is -0.692. The summed E-state index contributed by atoms with van der Waals surface area (Å²) < 4.78 is 1.88. The molecule has 27 heavy (non-hydrogen) atoms. The Balaban J connectivity index is 2.44. The predicted molar refractivity (Wildman–Crippen MR) is 115 cm³/mol. The molecule has 1 N–H and O–H groups in total. The number of rotatable bonds is 6. The largest absolute Gasteiger partial charge is 0.370 e. The van der Waals surface area contributed by atoms with E-state index in [-0.39, 0.29) is 11.2 Å². The van der Waals surface area contributed by atoms with Crippen molar-refractivity contribution < 1.29 is 9.36 Å². The zero-order chi connectivity index (χ0) is 20.2. The van der Waals surface area contributed by atoms with E-state index in [9.17, 15) is 4.79 Å². The van der Waals surface area contributed by atoms with E-state index in [1.54, 1.807) is 6.08 Å². The molecule has 0 bridgehead atoms. The molecule has 142 valence electrons. The molecule has 1 aromatic heterocycles. The van der Waals surface area contributed by atoms with Crippen molar-refractivity contribution in [2.45, 2.75) is 46.1 Å². The molecule has 1 atom stereocenters. The van der Waals surface area contributed by atoms with E-state index in [1.165, 1.54) is 5.56 Å². The number of nitrogens with one attached hydrogen (secondary N) is 1. The summed E-state index contributed by atoms with van der Waals surface area (Å²) in [5, 5.41) is 3.12. The molecule has 0 amide bonds. The molecular formula is C23H29N2OS+. The van der Waals surface area contributed by atoms with Crippen molar-refractivity contribution in [3.05, 3.63) is 77.6 Å². The van der Waals surface area contributed by atoms with E-state index in [0.717, 1.165) is 11.1 Å². The topological polar surface area (TPSA) is 33.0 Å². The summed E-state index contributed by atoms with van der Waals surface area (Å²) >= 11 is 5.56. The smallest absolute Gasteiger partial charge is 0.270 e. The quantitative estimate of drug-likeness (QED) is 0.348. The molecule has 0 radical (unpaired) electrons. The fourth-order valence-electron chi connectivity index (χ4n) is 2.82. The van der Waals surface area contributed by atoms with Gasteiger partial charge in [0.2, 0.25) is 5.78 Å². The van der Waals surface area contributed by atoms with Gasteiger partial charge >= 0.3 is 0 Å². The van der Waals surface area contributed by atoms with E-state index >= 15 is 0 Å². The Labute approximate surface area is 168 Å². The summed E-state index contributed by atoms with van der Waals surface area (Å²) in [6.07, 6.45) is 5.61. The molecule has 0 aliphatic rings. The number of benzene rings is 1. The summed E-state index contributed by atoms with van der Waals surface area (Å²) in [6, 6.07) is 9.31. The molecule has 0 aliphatic carbocycles. The summed E-state index contributed by atoms with van der Waals surface area (Å²) in [5.41, 5.74) is 4.18. The van der Waals surface area contributed by atoms with Crippen LogP contribution in [0.5, 0.6) is 0 Å². The Kier molecular flexibility index (Phi) is 6.66. The van der Waals surface area contributed by atoms with E-state index in [0.29, 0.717) is 17.1 Å². The monoisotopic (exact) mass is 381 g/mol. The Morgan fingerprint density at radius 1 is 1.19 bits per heavy atom. The molecule has 1 heterocycles. The standard InChI is InChI=1S/C23H28N2OS/c1-7-12-24-22(27)20(21(26)18-9-8-16(2)17(3)15-18)25-13-10-19(11-14-25)23(4,5)6/h7-11,13-15,20H,1,12H2,2-6H3/p+1/t20-/m0/s1. The highest BCUT2D eigenvalue weighted by molar-refractivity contribution is 7.80. The van der Waals surface area contributed by atoms with Crippen LogP contribution in [0.25, 0.3) is 0 Å². The summed E-state index contributed by atoms with van der Waals surface area (Å²) in [5.74, 6) is -0.0202. The summed E-state index contributed by atoms with van der Waals surface area (Å²) in [7, 11) is 0. The van der Waals surface area contributed by atoms with Crippen molar-refractivity contribution in [3.8, 4) is 0 Å². The van der Waals surface area contributed by atoms with Gasteiger partial charge in [-0.2, -0.15) is 4.57 Å². The van der Waals surface area contributed by atoms with Crippen molar-refractivity contribution in [1.82, 2.24) is 5.32 Å². The molecule has 0 fully saturated rings. The number of ketones is 1. The second-order valence-corrected chi connectivity index (χ2v) is 8.32.